The van der Waals surface area contributed by atoms with E-state index in [0.717, 1.165) is 30.0 Å². The molecule has 1 aliphatic heterocycles. The van der Waals surface area contributed by atoms with Crippen molar-refractivity contribution in [1.82, 2.24) is 19.9 Å². The number of ether oxygens (including phenoxy) is 1. The predicted molar refractivity (Wildman–Crippen MR) is 87.7 cm³/mol. The van der Waals surface area contributed by atoms with E-state index in [-0.39, 0.29) is 5.91 Å². The molecule has 0 radical (unpaired) electrons. The summed E-state index contributed by atoms with van der Waals surface area (Å²) >= 11 is 0. The van der Waals surface area contributed by atoms with Crippen LogP contribution in [0.15, 0.2) is 24.5 Å². The maximum atomic E-state index is 12.6. The Morgan fingerprint density at radius 2 is 2.17 bits per heavy atom. The minimum atomic E-state index is -0.0813. The summed E-state index contributed by atoms with van der Waals surface area (Å²) in [6.07, 6.45) is 6.44. The van der Waals surface area contributed by atoms with Crippen LogP contribution in [0.5, 0.6) is 5.88 Å². The number of fused-ring (bicyclic) bond motifs is 1. The van der Waals surface area contributed by atoms with Crippen molar-refractivity contribution in [2.45, 2.75) is 32.7 Å². The Bertz CT molecular complexity index is 756. The third-order valence-corrected chi connectivity index (χ3v) is 4.47. The van der Waals surface area contributed by atoms with E-state index in [9.17, 15) is 4.79 Å². The molecule has 6 heteroatoms. The molecule has 0 atom stereocenters. The van der Waals surface area contributed by atoms with E-state index in [1.165, 1.54) is 12.8 Å². The molecule has 6 nitrogen and oxygen atoms in total. The van der Waals surface area contributed by atoms with E-state index in [1.54, 1.807) is 17.3 Å². The lowest BCUT2D eigenvalue weighted by Gasteiger charge is -2.28. The zero-order chi connectivity index (χ0) is 16.5. The van der Waals surface area contributed by atoms with Gasteiger partial charge in [0.1, 0.15) is 5.69 Å². The molecular formula is C18H20N4O2. The summed E-state index contributed by atoms with van der Waals surface area (Å²) in [5.41, 5.74) is 3.30. The summed E-state index contributed by atoms with van der Waals surface area (Å²) in [5, 5.41) is 0. The predicted octanol–water partition coefficient (Wildman–Crippen LogP) is 2.17. The number of rotatable bonds is 4. The van der Waals surface area contributed by atoms with Gasteiger partial charge in [0.25, 0.3) is 5.91 Å². The number of hydrogen-bond donors (Lipinski definition) is 0. The molecule has 0 aromatic carbocycles. The van der Waals surface area contributed by atoms with Crippen LogP contribution in [-0.2, 0) is 13.0 Å². The Labute approximate surface area is 140 Å². The van der Waals surface area contributed by atoms with Crippen LogP contribution >= 0.6 is 0 Å². The number of carbonyl (C=O) groups excluding carboxylic acids is 1. The molecular weight excluding hydrogens is 304 g/mol. The third kappa shape index (κ3) is 3.22. The molecule has 0 bridgehead atoms. The van der Waals surface area contributed by atoms with Gasteiger partial charge in [0.15, 0.2) is 0 Å². The van der Waals surface area contributed by atoms with Gasteiger partial charge in [0.2, 0.25) is 5.88 Å². The first-order valence-electron chi connectivity index (χ1n) is 8.38. The van der Waals surface area contributed by atoms with Gasteiger partial charge >= 0.3 is 0 Å². The highest BCUT2D eigenvalue weighted by Crippen LogP contribution is 2.29. The van der Waals surface area contributed by atoms with Gasteiger partial charge in [-0.2, -0.15) is 0 Å². The van der Waals surface area contributed by atoms with Crippen LogP contribution in [0, 0.1) is 12.8 Å². The van der Waals surface area contributed by atoms with Crippen molar-refractivity contribution in [1.29, 1.82) is 0 Å². The smallest absolute Gasteiger partial charge is 0.274 e. The molecule has 0 N–H and O–H groups in total. The summed E-state index contributed by atoms with van der Waals surface area (Å²) in [7, 11) is 0. The average molecular weight is 324 g/mol. The molecule has 0 unspecified atom stereocenters. The lowest BCUT2D eigenvalue weighted by Crippen LogP contribution is -2.36. The Hall–Kier alpha value is -2.50. The average Bonchev–Trinajstić information content (AvgIpc) is 3.44. The summed E-state index contributed by atoms with van der Waals surface area (Å²) < 4.78 is 5.74. The quantitative estimate of drug-likeness (QED) is 0.862. The highest BCUT2D eigenvalue weighted by Gasteiger charge is 2.25. The topological polar surface area (TPSA) is 68.2 Å². The Kier molecular flexibility index (Phi) is 3.88. The maximum absolute atomic E-state index is 12.6. The molecule has 124 valence electrons. The SMILES string of the molecule is Cc1cnc(C(=O)N2CCc3nc(OCC4CC4)ccc3C2)cn1. The summed E-state index contributed by atoms with van der Waals surface area (Å²) in [6.45, 7) is 3.82. The number of nitrogens with zero attached hydrogens (tertiary/aromatic N) is 4. The van der Waals surface area contributed by atoms with Crippen LogP contribution in [0.1, 0.15) is 40.3 Å². The van der Waals surface area contributed by atoms with Crippen molar-refractivity contribution in [2.75, 3.05) is 13.2 Å². The third-order valence-electron chi connectivity index (χ3n) is 4.47. The van der Waals surface area contributed by atoms with Crippen LogP contribution in [0.3, 0.4) is 0 Å². The first-order valence-corrected chi connectivity index (χ1v) is 8.38. The second-order valence-corrected chi connectivity index (χ2v) is 6.53. The van der Waals surface area contributed by atoms with Crippen molar-refractivity contribution in [2.24, 2.45) is 5.92 Å². The van der Waals surface area contributed by atoms with Crippen LogP contribution in [-0.4, -0.2) is 38.9 Å². The molecule has 4 rings (SSSR count). The lowest BCUT2D eigenvalue weighted by atomic mass is 10.1. The van der Waals surface area contributed by atoms with Crippen LogP contribution < -0.4 is 4.74 Å². The van der Waals surface area contributed by atoms with Crippen LogP contribution in [0.4, 0.5) is 0 Å². The highest BCUT2D eigenvalue weighted by atomic mass is 16.5. The van der Waals surface area contributed by atoms with Crippen molar-refractivity contribution < 1.29 is 9.53 Å². The minimum Gasteiger partial charge on any atom is -0.477 e. The first kappa shape index (κ1) is 15.1. The largest absolute Gasteiger partial charge is 0.477 e. The normalized spacial score (nSPS) is 16.6. The van der Waals surface area contributed by atoms with Gasteiger partial charge in [0.05, 0.1) is 24.2 Å². The monoisotopic (exact) mass is 324 g/mol. The van der Waals surface area contributed by atoms with Crippen molar-refractivity contribution in [3.63, 3.8) is 0 Å². The van der Waals surface area contributed by atoms with Gasteiger partial charge in [-0.15, -0.1) is 0 Å². The van der Waals surface area contributed by atoms with Crippen molar-refractivity contribution in [3.05, 3.63) is 47.2 Å². The summed E-state index contributed by atoms with van der Waals surface area (Å²) in [5.74, 6) is 1.33. The molecule has 0 spiro atoms. The fourth-order valence-electron chi connectivity index (χ4n) is 2.80. The second-order valence-electron chi connectivity index (χ2n) is 6.53. The molecule has 2 aromatic rings. The summed E-state index contributed by atoms with van der Waals surface area (Å²) in [4.78, 5) is 27.3. The van der Waals surface area contributed by atoms with E-state index < -0.39 is 0 Å². The maximum Gasteiger partial charge on any atom is 0.274 e. The fraction of sp³-hybridized carbons (Fsp3) is 0.444. The Morgan fingerprint density at radius 3 is 2.92 bits per heavy atom. The minimum absolute atomic E-state index is 0.0813. The number of hydrogen-bond acceptors (Lipinski definition) is 5. The molecule has 1 fully saturated rings. The molecule has 0 saturated heterocycles. The molecule has 24 heavy (non-hydrogen) atoms. The zero-order valence-corrected chi connectivity index (χ0v) is 13.7. The Balaban J connectivity index is 1.45. The van der Waals surface area contributed by atoms with Gasteiger partial charge in [0, 0.05) is 31.8 Å². The van der Waals surface area contributed by atoms with Gasteiger partial charge in [-0.3, -0.25) is 9.78 Å². The second kappa shape index (κ2) is 6.19. The van der Waals surface area contributed by atoms with E-state index in [1.807, 2.05) is 19.1 Å². The molecule has 1 saturated carbocycles. The number of carbonyl (C=O) groups is 1. The highest BCUT2D eigenvalue weighted by molar-refractivity contribution is 5.92. The fourth-order valence-corrected chi connectivity index (χ4v) is 2.80. The first-order chi connectivity index (χ1) is 11.7. The molecule has 1 amide bonds. The van der Waals surface area contributed by atoms with Crippen LogP contribution in [0.25, 0.3) is 0 Å². The number of amides is 1. The molecule has 2 aliphatic rings. The van der Waals surface area contributed by atoms with E-state index in [2.05, 4.69) is 15.0 Å². The molecule has 3 heterocycles. The van der Waals surface area contributed by atoms with Gasteiger partial charge in [-0.05, 0) is 31.2 Å². The standard InChI is InChI=1S/C18H20N4O2/c1-12-8-20-16(9-19-12)18(23)22-7-6-15-14(10-22)4-5-17(21-15)24-11-13-2-3-13/h4-5,8-9,13H,2-3,6-7,10-11H2,1H3. The van der Waals surface area contributed by atoms with Crippen LogP contribution in [0.2, 0.25) is 0 Å². The number of aryl methyl sites for hydroxylation is 1. The lowest BCUT2D eigenvalue weighted by molar-refractivity contribution is 0.0727. The molecule has 2 aromatic heterocycles. The van der Waals surface area contributed by atoms with Crippen molar-refractivity contribution >= 4 is 5.91 Å². The summed E-state index contributed by atoms with van der Waals surface area (Å²) in [6, 6.07) is 3.92. The van der Waals surface area contributed by atoms with E-state index in [0.29, 0.717) is 30.6 Å². The number of aromatic nitrogens is 3. The van der Waals surface area contributed by atoms with Crippen molar-refractivity contribution in [3.8, 4) is 5.88 Å². The van der Waals surface area contributed by atoms with Gasteiger partial charge < -0.3 is 9.64 Å². The van der Waals surface area contributed by atoms with Gasteiger partial charge in [-0.25, -0.2) is 9.97 Å². The Morgan fingerprint density at radius 1 is 1.29 bits per heavy atom. The molecule has 1 aliphatic carbocycles. The van der Waals surface area contributed by atoms with E-state index >= 15 is 0 Å². The van der Waals surface area contributed by atoms with E-state index in [4.69, 9.17) is 4.74 Å². The van der Waals surface area contributed by atoms with Gasteiger partial charge in [-0.1, -0.05) is 6.07 Å². The number of pyridine rings is 1. The zero-order valence-electron chi connectivity index (χ0n) is 13.7.